The highest BCUT2D eigenvalue weighted by Crippen LogP contribution is 2.30. The number of hydrogen-bond acceptors (Lipinski definition) is 4. The van der Waals surface area contributed by atoms with E-state index in [0.717, 1.165) is 11.5 Å². The number of ether oxygens (including phenoxy) is 2. The average Bonchev–Trinajstić information content (AvgIpc) is 2.45. The summed E-state index contributed by atoms with van der Waals surface area (Å²) in [4.78, 5) is 13.5. The number of para-hydroxylation sites is 2. The first-order valence-corrected chi connectivity index (χ1v) is 6.51. The highest BCUT2D eigenvalue weighted by atomic mass is 16.6. The minimum absolute atomic E-state index is 0.0649. The number of amides is 1. The zero-order chi connectivity index (χ0) is 13.8. The van der Waals surface area contributed by atoms with Crippen molar-refractivity contribution >= 4 is 5.91 Å². The van der Waals surface area contributed by atoms with E-state index in [4.69, 9.17) is 15.2 Å². The zero-order valence-electron chi connectivity index (χ0n) is 11.3. The van der Waals surface area contributed by atoms with Crippen LogP contribution < -0.4 is 15.2 Å². The van der Waals surface area contributed by atoms with Crippen LogP contribution in [0.15, 0.2) is 24.3 Å². The second-order valence-electron chi connectivity index (χ2n) is 4.73. The minimum atomic E-state index is -0.443. The Morgan fingerprint density at radius 1 is 1.47 bits per heavy atom. The molecule has 0 fully saturated rings. The number of carbonyl (C=O) groups excluding carboxylic acids is 1. The Labute approximate surface area is 113 Å². The van der Waals surface area contributed by atoms with Crippen LogP contribution in [0.25, 0.3) is 0 Å². The summed E-state index contributed by atoms with van der Waals surface area (Å²) in [7, 11) is 1.74. The molecule has 1 amide bonds. The summed E-state index contributed by atoms with van der Waals surface area (Å²) in [5.41, 5.74) is 5.74. The van der Waals surface area contributed by atoms with E-state index in [0.29, 0.717) is 19.6 Å². The molecule has 0 radical (unpaired) electrons. The van der Waals surface area contributed by atoms with E-state index in [2.05, 4.69) is 0 Å². The Bertz CT molecular complexity index is 450. The fourth-order valence-electron chi connectivity index (χ4n) is 2.01. The first-order chi connectivity index (χ1) is 9.11. The third-order valence-electron chi connectivity index (χ3n) is 3.18. The quantitative estimate of drug-likeness (QED) is 0.882. The van der Waals surface area contributed by atoms with E-state index in [-0.39, 0.29) is 12.0 Å². The smallest absolute Gasteiger partial charge is 0.239 e. The molecule has 1 aromatic carbocycles. The summed E-state index contributed by atoms with van der Waals surface area (Å²) in [6, 6.07) is 7.08. The Hall–Kier alpha value is -1.75. The second-order valence-corrected chi connectivity index (χ2v) is 4.73. The SMILES string of the molecule is CCC(N)C(=O)N(C)CC1COc2ccccc2O1. The van der Waals surface area contributed by atoms with Crippen LogP contribution in [0, 0.1) is 0 Å². The van der Waals surface area contributed by atoms with Gasteiger partial charge in [-0.1, -0.05) is 19.1 Å². The summed E-state index contributed by atoms with van der Waals surface area (Å²) in [6.07, 6.45) is 0.474. The number of fused-ring (bicyclic) bond motifs is 1. The molecule has 0 saturated heterocycles. The lowest BCUT2D eigenvalue weighted by Gasteiger charge is -2.30. The molecular formula is C14H20N2O3. The summed E-state index contributed by atoms with van der Waals surface area (Å²) in [6.45, 7) is 2.81. The van der Waals surface area contributed by atoms with E-state index in [1.54, 1.807) is 11.9 Å². The van der Waals surface area contributed by atoms with Crippen LogP contribution in [0.1, 0.15) is 13.3 Å². The first kappa shape index (κ1) is 13.7. The van der Waals surface area contributed by atoms with Crippen LogP contribution in [-0.4, -0.2) is 43.2 Å². The van der Waals surface area contributed by atoms with Crippen molar-refractivity contribution < 1.29 is 14.3 Å². The highest BCUT2D eigenvalue weighted by Gasteiger charge is 2.25. The zero-order valence-corrected chi connectivity index (χ0v) is 11.3. The number of carbonyl (C=O) groups is 1. The molecule has 2 atom stereocenters. The lowest BCUT2D eigenvalue weighted by Crippen LogP contribution is -2.47. The predicted molar refractivity (Wildman–Crippen MR) is 72.3 cm³/mol. The molecule has 2 rings (SSSR count). The maximum Gasteiger partial charge on any atom is 0.239 e. The number of benzene rings is 1. The van der Waals surface area contributed by atoms with Crippen LogP contribution in [0.5, 0.6) is 11.5 Å². The molecule has 0 saturated carbocycles. The summed E-state index contributed by atoms with van der Waals surface area (Å²) >= 11 is 0. The monoisotopic (exact) mass is 264 g/mol. The Morgan fingerprint density at radius 3 is 2.84 bits per heavy atom. The van der Waals surface area contributed by atoms with E-state index >= 15 is 0 Å². The van der Waals surface area contributed by atoms with Crippen molar-refractivity contribution in [3.8, 4) is 11.5 Å². The highest BCUT2D eigenvalue weighted by molar-refractivity contribution is 5.81. The van der Waals surface area contributed by atoms with Gasteiger partial charge in [0.05, 0.1) is 12.6 Å². The fourth-order valence-corrected chi connectivity index (χ4v) is 2.01. The molecule has 5 heteroatoms. The molecule has 1 aliphatic rings. The molecule has 2 N–H and O–H groups in total. The number of likely N-dealkylation sites (N-methyl/N-ethyl adjacent to an activating group) is 1. The Kier molecular flexibility index (Phi) is 4.27. The summed E-state index contributed by atoms with van der Waals surface area (Å²) in [5.74, 6) is 1.40. The van der Waals surface area contributed by atoms with Crippen LogP contribution in [-0.2, 0) is 4.79 Å². The van der Waals surface area contributed by atoms with Gasteiger partial charge >= 0.3 is 0 Å². The van der Waals surface area contributed by atoms with Crippen LogP contribution >= 0.6 is 0 Å². The van der Waals surface area contributed by atoms with Gasteiger partial charge in [-0.25, -0.2) is 0 Å². The molecule has 104 valence electrons. The minimum Gasteiger partial charge on any atom is -0.486 e. The molecule has 1 heterocycles. The van der Waals surface area contributed by atoms with Gasteiger partial charge in [-0.2, -0.15) is 0 Å². The average molecular weight is 264 g/mol. The van der Waals surface area contributed by atoms with Gasteiger partial charge in [0.1, 0.15) is 6.61 Å². The van der Waals surface area contributed by atoms with Crippen molar-refractivity contribution in [2.45, 2.75) is 25.5 Å². The van der Waals surface area contributed by atoms with Gasteiger partial charge in [0.25, 0.3) is 0 Å². The third-order valence-corrected chi connectivity index (χ3v) is 3.18. The molecule has 1 aliphatic heterocycles. The number of nitrogens with two attached hydrogens (primary N) is 1. The standard InChI is InChI=1S/C14H20N2O3/c1-3-11(15)14(17)16(2)8-10-9-18-12-6-4-5-7-13(12)19-10/h4-7,10-11H,3,8-9,15H2,1-2H3. The number of hydrogen-bond donors (Lipinski definition) is 1. The molecule has 0 aliphatic carbocycles. The van der Waals surface area contributed by atoms with E-state index in [9.17, 15) is 4.79 Å². The molecule has 2 unspecified atom stereocenters. The van der Waals surface area contributed by atoms with Crippen molar-refractivity contribution in [1.82, 2.24) is 4.90 Å². The Balaban J connectivity index is 1.93. The fraction of sp³-hybridized carbons (Fsp3) is 0.500. The van der Waals surface area contributed by atoms with Crippen molar-refractivity contribution in [3.63, 3.8) is 0 Å². The lowest BCUT2D eigenvalue weighted by molar-refractivity contribution is -0.132. The normalized spacial score (nSPS) is 18.8. The van der Waals surface area contributed by atoms with Crippen molar-refractivity contribution in [2.24, 2.45) is 5.73 Å². The maximum atomic E-state index is 11.9. The van der Waals surface area contributed by atoms with E-state index < -0.39 is 6.04 Å². The van der Waals surface area contributed by atoms with Crippen molar-refractivity contribution in [2.75, 3.05) is 20.2 Å². The molecule has 0 aromatic heterocycles. The van der Waals surface area contributed by atoms with Gasteiger partial charge in [-0.3, -0.25) is 4.79 Å². The van der Waals surface area contributed by atoms with Crippen molar-refractivity contribution in [3.05, 3.63) is 24.3 Å². The first-order valence-electron chi connectivity index (χ1n) is 6.51. The maximum absolute atomic E-state index is 11.9. The molecule has 0 bridgehead atoms. The van der Waals surface area contributed by atoms with Gasteiger partial charge in [-0.05, 0) is 18.6 Å². The Morgan fingerprint density at radius 2 is 2.16 bits per heavy atom. The molecule has 0 spiro atoms. The largest absolute Gasteiger partial charge is 0.486 e. The predicted octanol–water partition coefficient (Wildman–Crippen LogP) is 1.02. The summed E-state index contributed by atoms with van der Waals surface area (Å²) < 4.78 is 11.4. The van der Waals surface area contributed by atoms with Gasteiger partial charge in [0, 0.05) is 7.05 Å². The van der Waals surface area contributed by atoms with Gasteiger partial charge in [0.2, 0.25) is 5.91 Å². The number of nitrogens with zero attached hydrogens (tertiary/aromatic N) is 1. The second kappa shape index (κ2) is 5.93. The molecule has 19 heavy (non-hydrogen) atoms. The van der Waals surface area contributed by atoms with Gasteiger partial charge in [0.15, 0.2) is 17.6 Å². The van der Waals surface area contributed by atoms with Crippen LogP contribution in [0.4, 0.5) is 0 Å². The van der Waals surface area contributed by atoms with Crippen molar-refractivity contribution in [1.29, 1.82) is 0 Å². The van der Waals surface area contributed by atoms with E-state index in [1.807, 2.05) is 31.2 Å². The topological polar surface area (TPSA) is 64.8 Å². The molecule has 5 nitrogen and oxygen atoms in total. The summed E-state index contributed by atoms with van der Waals surface area (Å²) in [5, 5.41) is 0. The lowest BCUT2D eigenvalue weighted by atomic mass is 10.2. The third kappa shape index (κ3) is 3.17. The molecule has 1 aromatic rings. The van der Waals surface area contributed by atoms with Crippen LogP contribution in [0.2, 0.25) is 0 Å². The molecular weight excluding hydrogens is 244 g/mol. The van der Waals surface area contributed by atoms with Crippen LogP contribution in [0.3, 0.4) is 0 Å². The van der Waals surface area contributed by atoms with Gasteiger partial charge < -0.3 is 20.1 Å². The number of rotatable bonds is 4. The van der Waals surface area contributed by atoms with Gasteiger partial charge in [-0.15, -0.1) is 0 Å². The van der Waals surface area contributed by atoms with E-state index in [1.165, 1.54) is 0 Å².